The Hall–Kier alpha value is -2.79. The fourth-order valence-electron chi connectivity index (χ4n) is 3.88. The molecule has 0 saturated heterocycles. The highest BCUT2D eigenvalue weighted by Crippen LogP contribution is 2.40. The second kappa shape index (κ2) is 8.15. The lowest BCUT2D eigenvalue weighted by atomic mass is 10.1. The maximum atomic E-state index is 13.5. The van der Waals surface area contributed by atoms with Gasteiger partial charge >= 0.3 is 0 Å². The molecule has 1 atom stereocenters. The maximum absolute atomic E-state index is 13.5. The first-order valence-electron chi connectivity index (χ1n) is 9.59. The van der Waals surface area contributed by atoms with Gasteiger partial charge in [0.1, 0.15) is 23.0 Å². The average molecular weight is 429 g/mol. The van der Waals surface area contributed by atoms with Crippen molar-refractivity contribution in [2.24, 2.45) is 5.92 Å². The van der Waals surface area contributed by atoms with Crippen LogP contribution in [0.2, 0.25) is 0 Å². The molecule has 2 aromatic heterocycles. The second-order valence-corrected chi connectivity index (χ2v) is 8.19. The van der Waals surface area contributed by atoms with E-state index in [4.69, 9.17) is 9.47 Å². The third kappa shape index (κ3) is 3.82. The largest absolute Gasteiger partial charge is 0.492 e. The van der Waals surface area contributed by atoms with E-state index in [1.807, 2.05) is 34.9 Å². The number of ether oxygens (including phenoxy) is 2. The minimum absolute atomic E-state index is 0.107. The first-order chi connectivity index (χ1) is 14.5. The number of hydrogen-bond donors (Lipinski definition) is 0. The van der Waals surface area contributed by atoms with Crippen LogP contribution in [0, 0.1) is 17.2 Å². The number of nitrogens with zero attached hydrogens (tertiary/aromatic N) is 3. The van der Waals surface area contributed by atoms with Gasteiger partial charge in [0.15, 0.2) is 5.88 Å². The highest BCUT2D eigenvalue weighted by Gasteiger charge is 2.39. The van der Waals surface area contributed by atoms with E-state index in [0.29, 0.717) is 23.6 Å². The van der Waals surface area contributed by atoms with E-state index in [9.17, 15) is 14.0 Å². The molecule has 156 valence electrons. The summed E-state index contributed by atoms with van der Waals surface area (Å²) >= 11 is 1.44. The molecular formula is C22H21F2N3O2S. The van der Waals surface area contributed by atoms with E-state index in [0.717, 1.165) is 21.8 Å². The van der Waals surface area contributed by atoms with Crippen LogP contribution >= 0.6 is 11.8 Å². The van der Waals surface area contributed by atoms with Gasteiger partial charge in [-0.1, -0.05) is 6.07 Å². The zero-order chi connectivity index (χ0) is 21.3. The number of thioether (sulfide) groups is 1. The number of alkyl halides is 2. The van der Waals surface area contributed by atoms with Crippen molar-refractivity contribution < 1.29 is 18.3 Å². The Kier molecular flexibility index (Phi) is 5.56. The number of fused-ring (bicyclic) bond motifs is 1. The molecular weight excluding hydrogens is 408 g/mol. The summed E-state index contributed by atoms with van der Waals surface area (Å²) in [6, 6.07) is 11.5. The standard InChI is InChI=1S/C22H21F2N3O2S/c1-28-21-5-3-4-20-26-12-17(27(20)21)15-8-18(16(11-25)19(9-15)30-2)29-13-14-6-7-22(23,24)10-14/h3-5,8-9,12,14H,6-7,10,13H2,1-2H3. The minimum atomic E-state index is -2.62. The van der Waals surface area contributed by atoms with Gasteiger partial charge in [-0.25, -0.2) is 13.8 Å². The molecule has 1 aliphatic carbocycles. The third-order valence-electron chi connectivity index (χ3n) is 5.38. The van der Waals surface area contributed by atoms with E-state index < -0.39 is 5.92 Å². The molecule has 0 aliphatic heterocycles. The Bertz CT molecular complexity index is 1120. The van der Waals surface area contributed by atoms with Crippen LogP contribution < -0.4 is 9.47 Å². The Labute approximate surface area is 177 Å². The van der Waals surface area contributed by atoms with Crippen LogP contribution in [-0.2, 0) is 0 Å². The predicted molar refractivity (Wildman–Crippen MR) is 111 cm³/mol. The number of benzene rings is 1. The topological polar surface area (TPSA) is 59.5 Å². The highest BCUT2D eigenvalue weighted by atomic mass is 32.2. The van der Waals surface area contributed by atoms with E-state index in [2.05, 4.69) is 11.1 Å². The molecule has 2 heterocycles. The number of nitriles is 1. The molecule has 5 nitrogen and oxygen atoms in total. The van der Waals surface area contributed by atoms with Crippen LogP contribution in [0.3, 0.4) is 0 Å². The van der Waals surface area contributed by atoms with Crippen molar-refractivity contribution in [1.29, 1.82) is 5.26 Å². The highest BCUT2D eigenvalue weighted by molar-refractivity contribution is 7.98. The summed E-state index contributed by atoms with van der Waals surface area (Å²) in [7, 11) is 1.59. The number of hydrogen-bond acceptors (Lipinski definition) is 5. The third-order valence-corrected chi connectivity index (χ3v) is 6.14. The second-order valence-electron chi connectivity index (χ2n) is 7.34. The van der Waals surface area contributed by atoms with Crippen LogP contribution in [0.1, 0.15) is 24.8 Å². The van der Waals surface area contributed by atoms with Crippen molar-refractivity contribution in [1.82, 2.24) is 9.38 Å². The van der Waals surface area contributed by atoms with Crippen LogP contribution in [-0.4, -0.2) is 35.3 Å². The number of pyridine rings is 1. The number of imidazole rings is 1. The summed E-state index contributed by atoms with van der Waals surface area (Å²) in [5.41, 5.74) is 2.74. The van der Waals surface area contributed by atoms with Crippen LogP contribution in [0.15, 0.2) is 41.4 Å². The lowest BCUT2D eigenvalue weighted by Crippen LogP contribution is -2.14. The quantitative estimate of drug-likeness (QED) is 0.490. The molecule has 0 radical (unpaired) electrons. The van der Waals surface area contributed by atoms with Crippen molar-refractivity contribution in [3.8, 4) is 29.0 Å². The molecule has 0 N–H and O–H groups in total. The molecule has 0 amide bonds. The van der Waals surface area contributed by atoms with Crippen molar-refractivity contribution >= 4 is 17.4 Å². The lowest BCUT2D eigenvalue weighted by molar-refractivity contribution is 0.00291. The Morgan fingerprint density at radius 3 is 2.87 bits per heavy atom. The van der Waals surface area contributed by atoms with E-state index in [-0.39, 0.29) is 25.4 Å². The van der Waals surface area contributed by atoms with Gasteiger partial charge in [-0.05, 0) is 42.9 Å². The van der Waals surface area contributed by atoms with Crippen molar-refractivity contribution in [3.63, 3.8) is 0 Å². The molecule has 1 unspecified atom stereocenters. The molecule has 4 rings (SSSR count). The molecule has 0 spiro atoms. The summed E-state index contributed by atoms with van der Waals surface area (Å²) in [5.74, 6) is -1.81. The Balaban J connectivity index is 1.74. The van der Waals surface area contributed by atoms with E-state index in [1.54, 1.807) is 19.4 Å². The van der Waals surface area contributed by atoms with Gasteiger partial charge < -0.3 is 9.47 Å². The van der Waals surface area contributed by atoms with Gasteiger partial charge in [0.25, 0.3) is 0 Å². The van der Waals surface area contributed by atoms with Gasteiger partial charge in [-0.2, -0.15) is 5.26 Å². The van der Waals surface area contributed by atoms with Crippen molar-refractivity contribution in [3.05, 3.63) is 42.1 Å². The van der Waals surface area contributed by atoms with Gasteiger partial charge in [0.2, 0.25) is 5.92 Å². The molecule has 30 heavy (non-hydrogen) atoms. The van der Waals surface area contributed by atoms with Gasteiger partial charge in [0.05, 0.1) is 25.6 Å². The molecule has 1 fully saturated rings. The minimum Gasteiger partial charge on any atom is -0.492 e. The van der Waals surface area contributed by atoms with Gasteiger partial charge in [-0.15, -0.1) is 11.8 Å². The average Bonchev–Trinajstić information content (AvgIpc) is 3.34. The summed E-state index contributed by atoms with van der Waals surface area (Å²) in [6.45, 7) is 0.165. The number of rotatable bonds is 6. The van der Waals surface area contributed by atoms with E-state index >= 15 is 0 Å². The summed E-state index contributed by atoms with van der Waals surface area (Å²) in [6.07, 6.45) is 3.77. The first kappa shape index (κ1) is 20.5. The molecule has 1 aliphatic rings. The Morgan fingerprint density at radius 1 is 1.37 bits per heavy atom. The molecule has 8 heteroatoms. The number of methoxy groups -OCH3 is 1. The summed E-state index contributed by atoms with van der Waals surface area (Å²) < 4.78 is 40.3. The van der Waals surface area contributed by atoms with Gasteiger partial charge in [0, 0.05) is 23.3 Å². The fourth-order valence-corrected chi connectivity index (χ4v) is 4.48. The van der Waals surface area contributed by atoms with Crippen molar-refractivity contribution in [2.75, 3.05) is 20.0 Å². The SMILES string of the molecule is COc1cccc2ncc(-c3cc(OCC4CCC(F)(F)C4)c(C#N)c(SC)c3)n12. The van der Waals surface area contributed by atoms with Gasteiger partial charge in [-0.3, -0.25) is 4.40 Å². The number of aromatic nitrogens is 2. The maximum Gasteiger partial charge on any atom is 0.248 e. The van der Waals surface area contributed by atoms with Crippen LogP contribution in [0.4, 0.5) is 8.78 Å². The Morgan fingerprint density at radius 2 is 2.20 bits per heavy atom. The zero-order valence-corrected chi connectivity index (χ0v) is 17.5. The molecule has 1 saturated carbocycles. The molecule has 3 aromatic rings. The summed E-state index contributed by atoms with van der Waals surface area (Å²) in [5, 5.41) is 9.68. The smallest absolute Gasteiger partial charge is 0.248 e. The van der Waals surface area contributed by atoms with Crippen LogP contribution in [0.5, 0.6) is 11.6 Å². The van der Waals surface area contributed by atoms with Crippen molar-refractivity contribution in [2.45, 2.75) is 30.1 Å². The first-order valence-corrected chi connectivity index (χ1v) is 10.8. The molecule has 0 bridgehead atoms. The van der Waals surface area contributed by atoms with Crippen LogP contribution in [0.25, 0.3) is 16.9 Å². The summed E-state index contributed by atoms with van der Waals surface area (Å²) in [4.78, 5) is 5.20. The molecule has 1 aromatic carbocycles. The zero-order valence-electron chi connectivity index (χ0n) is 16.7. The van der Waals surface area contributed by atoms with E-state index in [1.165, 1.54) is 11.8 Å². The predicted octanol–water partition coefficient (Wildman–Crippen LogP) is 5.42. The fraction of sp³-hybridized carbons (Fsp3) is 0.364. The number of halogens is 2. The lowest BCUT2D eigenvalue weighted by Gasteiger charge is -2.16. The normalized spacial score (nSPS) is 17.8. The monoisotopic (exact) mass is 429 g/mol.